The summed E-state index contributed by atoms with van der Waals surface area (Å²) in [5.41, 5.74) is 7.70. The van der Waals surface area contributed by atoms with Crippen LogP contribution < -0.4 is 0 Å². The first kappa shape index (κ1) is 10.9. The molecule has 0 amide bonds. The van der Waals surface area contributed by atoms with Crippen molar-refractivity contribution in [3.8, 4) is 33.4 Å². The van der Waals surface area contributed by atoms with E-state index in [0.717, 1.165) is 4.90 Å². The van der Waals surface area contributed by atoms with Crippen molar-refractivity contribution in [2.75, 3.05) is 0 Å². The summed E-state index contributed by atoms with van der Waals surface area (Å²) in [5, 5.41) is 0. The molecule has 4 rings (SSSR count). The van der Waals surface area contributed by atoms with Crippen LogP contribution in [0.15, 0.2) is 71.6 Å². The Hall–Kier alpha value is -1.99. The maximum Gasteiger partial charge on any atom is 0.0204 e. The van der Waals surface area contributed by atoms with E-state index >= 15 is 0 Å². The van der Waals surface area contributed by atoms with Crippen molar-refractivity contribution in [1.82, 2.24) is 0 Å². The van der Waals surface area contributed by atoms with E-state index in [1.165, 1.54) is 33.4 Å². The number of thiol groups is 1. The number of fused-ring (bicyclic) bond motifs is 4. The Morgan fingerprint density at radius 3 is 1.95 bits per heavy atom. The smallest absolute Gasteiger partial charge is 0.0204 e. The van der Waals surface area contributed by atoms with Gasteiger partial charge in [-0.1, -0.05) is 66.7 Å². The quantitative estimate of drug-likeness (QED) is 0.442. The van der Waals surface area contributed by atoms with Crippen molar-refractivity contribution in [1.29, 1.82) is 0 Å². The molecule has 0 saturated heterocycles. The van der Waals surface area contributed by atoms with Gasteiger partial charge in [0.05, 0.1) is 0 Å². The van der Waals surface area contributed by atoms with Crippen molar-refractivity contribution < 1.29 is 0 Å². The average molecular weight is 260 g/mol. The van der Waals surface area contributed by atoms with Gasteiger partial charge in [-0.05, 0) is 27.8 Å². The zero-order valence-electron chi connectivity index (χ0n) is 10.3. The molecule has 0 unspecified atom stereocenters. The van der Waals surface area contributed by atoms with Crippen LogP contribution in [-0.2, 0) is 0 Å². The molecule has 0 bridgehead atoms. The first-order valence-electron chi connectivity index (χ1n) is 6.37. The van der Waals surface area contributed by atoms with Crippen molar-refractivity contribution in [3.05, 3.63) is 66.7 Å². The summed E-state index contributed by atoms with van der Waals surface area (Å²) in [6.07, 6.45) is 0. The number of benzene rings is 3. The maximum atomic E-state index is 4.77. The molecule has 90 valence electrons. The highest BCUT2D eigenvalue weighted by Gasteiger charge is 2.25. The van der Waals surface area contributed by atoms with E-state index in [2.05, 4.69) is 60.7 Å². The van der Waals surface area contributed by atoms with Crippen LogP contribution in [-0.4, -0.2) is 0 Å². The maximum absolute atomic E-state index is 4.77. The van der Waals surface area contributed by atoms with Crippen molar-refractivity contribution in [2.45, 2.75) is 4.90 Å². The van der Waals surface area contributed by atoms with Gasteiger partial charge in [-0.2, -0.15) is 0 Å². The molecule has 0 fully saturated rings. The minimum Gasteiger partial charge on any atom is -0.142 e. The lowest BCUT2D eigenvalue weighted by Crippen LogP contribution is -2.00. The van der Waals surface area contributed by atoms with Crippen molar-refractivity contribution in [2.24, 2.45) is 0 Å². The van der Waals surface area contributed by atoms with Crippen LogP contribution in [0.5, 0.6) is 0 Å². The van der Waals surface area contributed by atoms with E-state index in [1.807, 2.05) is 6.07 Å². The first-order valence-corrected chi connectivity index (χ1v) is 6.82. The SMILES string of the molecule is Sc1c(-c2ccccc2)ccc2c1-c1ccccc1-2. The molecule has 1 aliphatic carbocycles. The molecular formula is C18H12S. The first-order chi connectivity index (χ1) is 9.36. The predicted molar refractivity (Wildman–Crippen MR) is 83.6 cm³/mol. The molecule has 0 spiro atoms. The van der Waals surface area contributed by atoms with Crippen molar-refractivity contribution in [3.63, 3.8) is 0 Å². The normalized spacial score (nSPS) is 11.4. The summed E-state index contributed by atoms with van der Waals surface area (Å²) >= 11 is 4.77. The average Bonchev–Trinajstić information content (AvgIpc) is 2.45. The zero-order chi connectivity index (χ0) is 12.8. The zero-order valence-corrected chi connectivity index (χ0v) is 11.2. The number of rotatable bonds is 1. The Kier molecular flexibility index (Phi) is 2.30. The molecule has 19 heavy (non-hydrogen) atoms. The number of hydrogen-bond donors (Lipinski definition) is 1. The highest BCUT2D eigenvalue weighted by Crippen LogP contribution is 2.52. The molecule has 0 aliphatic heterocycles. The molecule has 0 radical (unpaired) electrons. The fourth-order valence-electron chi connectivity index (χ4n) is 2.81. The predicted octanol–water partition coefficient (Wildman–Crippen LogP) is 5.29. The summed E-state index contributed by atoms with van der Waals surface area (Å²) in [7, 11) is 0. The lowest BCUT2D eigenvalue weighted by molar-refractivity contribution is 1.39. The number of hydrogen-bond acceptors (Lipinski definition) is 1. The fourth-order valence-corrected chi connectivity index (χ4v) is 3.26. The van der Waals surface area contributed by atoms with Crippen LogP contribution in [0.1, 0.15) is 0 Å². The molecule has 0 N–H and O–H groups in total. The van der Waals surface area contributed by atoms with Gasteiger partial charge in [-0.15, -0.1) is 12.6 Å². The molecule has 0 atom stereocenters. The van der Waals surface area contributed by atoms with E-state index in [4.69, 9.17) is 12.6 Å². The highest BCUT2D eigenvalue weighted by atomic mass is 32.1. The third-order valence-corrected chi connectivity index (χ3v) is 4.21. The summed E-state index contributed by atoms with van der Waals surface area (Å²) < 4.78 is 0. The molecule has 0 nitrogen and oxygen atoms in total. The van der Waals surface area contributed by atoms with Gasteiger partial charge in [0.1, 0.15) is 0 Å². The second kappa shape index (κ2) is 4.01. The molecule has 0 aromatic heterocycles. The minimum atomic E-state index is 1.09. The van der Waals surface area contributed by atoms with E-state index in [9.17, 15) is 0 Å². The van der Waals surface area contributed by atoms with E-state index in [1.54, 1.807) is 0 Å². The van der Waals surface area contributed by atoms with Crippen LogP contribution in [0.25, 0.3) is 33.4 Å². The van der Waals surface area contributed by atoms with Crippen molar-refractivity contribution >= 4 is 12.6 Å². The van der Waals surface area contributed by atoms with Crippen LogP contribution >= 0.6 is 12.6 Å². The molecule has 3 aromatic rings. The third kappa shape index (κ3) is 1.48. The van der Waals surface area contributed by atoms with Gasteiger partial charge < -0.3 is 0 Å². The molecular weight excluding hydrogens is 248 g/mol. The Labute approximate surface area is 118 Å². The summed E-state index contributed by atoms with van der Waals surface area (Å²) in [5.74, 6) is 0. The van der Waals surface area contributed by atoms with Gasteiger partial charge >= 0.3 is 0 Å². The molecule has 1 aliphatic rings. The van der Waals surface area contributed by atoms with Crippen LogP contribution in [0.3, 0.4) is 0 Å². The van der Waals surface area contributed by atoms with E-state index in [0.29, 0.717) is 0 Å². The standard InChI is InChI=1S/C18H12S/c19-18-13(12-6-2-1-3-7-12)10-11-16-14-8-4-5-9-15(14)17(16)18/h1-11,19H. The van der Waals surface area contributed by atoms with Gasteiger partial charge in [0.15, 0.2) is 0 Å². The molecule has 1 heteroatoms. The van der Waals surface area contributed by atoms with Gasteiger partial charge in [0, 0.05) is 10.5 Å². The van der Waals surface area contributed by atoms with Crippen LogP contribution in [0, 0.1) is 0 Å². The van der Waals surface area contributed by atoms with E-state index < -0.39 is 0 Å². The monoisotopic (exact) mass is 260 g/mol. The Morgan fingerprint density at radius 1 is 0.526 bits per heavy atom. The summed E-state index contributed by atoms with van der Waals surface area (Å²) in [4.78, 5) is 1.09. The lowest BCUT2D eigenvalue weighted by atomic mass is 9.79. The van der Waals surface area contributed by atoms with E-state index in [-0.39, 0.29) is 0 Å². The fraction of sp³-hybridized carbons (Fsp3) is 0. The second-order valence-electron chi connectivity index (χ2n) is 4.80. The Balaban J connectivity index is 1.94. The lowest BCUT2D eigenvalue weighted by Gasteiger charge is -2.26. The molecule has 0 saturated carbocycles. The molecule has 0 heterocycles. The van der Waals surface area contributed by atoms with Gasteiger partial charge in [-0.25, -0.2) is 0 Å². The largest absolute Gasteiger partial charge is 0.142 e. The Bertz CT molecular complexity index is 754. The second-order valence-corrected chi connectivity index (χ2v) is 5.24. The summed E-state index contributed by atoms with van der Waals surface area (Å²) in [6, 6.07) is 23.3. The molecule has 3 aromatic carbocycles. The highest BCUT2D eigenvalue weighted by molar-refractivity contribution is 7.80. The van der Waals surface area contributed by atoms with Crippen LogP contribution in [0.2, 0.25) is 0 Å². The van der Waals surface area contributed by atoms with Gasteiger partial charge in [0.2, 0.25) is 0 Å². The van der Waals surface area contributed by atoms with Crippen LogP contribution in [0.4, 0.5) is 0 Å². The summed E-state index contributed by atoms with van der Waals surface area (Å²) in [6.45, 7) is 0. The third-order valence-electron chi connectivity index (χ3n) is 3.75. The topological polar surface area (TPSA) is 0 Å². The Morgan fingerprint density at radius 2 is 1.16 bits per heavy atom. The van der Waals surface area contributed by atoms with Gasteiger partial charge in [-0.3, -0.25) is 0 Å². The minimum absolute atomic E-state index is 1.09. The van der Waals surface area contributed by atoms with Gasteiger partial charge in [0.25, 0.3) is 0 Å².